The summed E-state index contributed by atoms with van der Waals surface area (Å²) in [7, 11) is 1.71. The molecule has 23 heavy (non-hydrogen) atoms. The van der Waals surface area contributed by atoms with Gasteiger partial charge in [0.25, 0.3) is 0 Å². The highest BCUT2D eigenvalue weighted by molar-refractivity contribution is 6.31. The Kier molecular flexibility index (Phi) is 5.55. The first-order chi connectivity index (χ1) is 11.3. The second-order valence-corrected chi connectivity index (χ2v) is 6.25. The van der Waals surface area contributed by atoms with E-state index in [1.807, 2.05) is 24.3 Å². The number of rotatable bonds is 4. The molecule has 0 aromatic heterocycles. The van der Waals surface area contributed by atoms with Crippen molar-refractivity contribution in [3.63, 3.8) is 0 Å². The monoisotopic (exact) mass is 330 g/mol. The smallest absolute Gasteiger partial charge is 0.119 e. The predicted octanol–water partition coefficient (Wildman–Crippen LogP) is 3.73. The SMILES string of the molecule is COc1cccc(C(c2ccccc2Cl)N2CCCNCC2)c1. The minimum atomic E-state index is 0.152. The molecule has 3 rings (SSSR count). The molecular formula is C19H23ClN2O. The highest BCUT2D eigenvalue weighted by atomic mass is 35.5. The van der Waals surface area contributed by atoms with Crippen molar-refractivity contribution in [2.45, 2.75) is 12.5 Å². The molecule has 1 aliphatic rings. The fourth-order valence-electron chi connectivity index (χ4n) is 3.22. The zero-order valence-corrected chi connectivity index (χ0v) is 14.2. The Morgan fingerprint density at radius 2 is 1.96 bits per heavy atom. The standard InChI is InChI=1S/C19H23ClN2O/c1-23-16-7-4-6-15(14-16)19(17-8-2-3-9-18(17)20)22-12-5-10-21-11-13-22/h2-4,6-9,14,19,21H,5,10-13H2,1H3. The molecule has 0 aliphatic carbocycles. The van der Waals surface area contributed by atoms with Crippen LogP contribution >= 0.6 is 11.6 Å². The second-order valence-electron chi connectivity index (χ2n) is 5.84. The van der Waals surface area contributed by atoms with E-state index in [2.05, 4.69) is 34.5 Å². The third kappa shape index (κ3) is 3.86. The van der Waals surface area contributed by atoms with Crippen molar-refractivity contribution < 1.29 is 4.74 Å². The van der Waals surface area contributed by atoms with Gasteiger partial charge in [-0.2, -0.15) is 0 Å². The molecule has 2 aromatic rings. The van der Waals surface area contributed by atoms with Gasteiger partial charge in [-0.3, -0.25) is 4.90 Å². The van der Waals surface area contributed by atoms with Gasteiger partial charge in [0.2, 0.25) is 0 Å². The molecule has 1 heterocycles. The van der Waals surface area contributed by atoms with Crippen LogP contribution in [0.1, 0.15) is 23.6 Å². The van der Waals surface area contributed by atoms with Gasteiger partial charge in [0, 0.05) is 24.7 Å². The van der Waals surface area contributed by atoms with Crippen molar-refractivity contribution in [2.75, 3.05) is 33.3 Å². The zero-order chi connectivity index (χ0) is 16.1. The van der Waals surface area contributed by atoms with Crippen LogP contribution in [-0.4, -0.2) is 38.2 Å². The minimum absolute atomic E-state index is 0.152. The molecular weight excluding hydrogens is 308 g/mol. The average molecular weight is 331 g/mol. The first-order valence-corrected chi connectivity index (χ1v) is 8.50. The van der Waals surface area contributed by atoms with Gasteiger partial charge >= 0.3 is 0 Å². The van der Waals surface area contributed by atoms with Crippen molar-refractivity contribution >= 4 is 11.6 Å². The van der Waals surface area contributed by atoms with E-state index in [1.165, 1.54) is 5.56 Å². The summed E-state index contributed by atoms with van der Waals surface area (Å²) in [6.07, 6.45) is 1.14. The molecule has 1 unspecified atom stereocenters. The molecule has 1 N–H and O–H groups in total. The molecule has 1 atom stereocenters. The van der Waals surface area contributed by atoms with Crippen LogP contribution in [0.25, 0.3) is 0 Å². The van der Waals surface area contributed by atoms with E-state index in [0.717, 1.165) is 48.9 Å². The molecule has 122 valence electrons. The van der Waals surface area contributed by atoms with Crippen molar-refractivity contribution in [3.05, 3.63) is 64.7 Å². The van der Waals surface area contributed by atoms with E-state index in [1.54, 1.807) is 7.11 Å². The van der Waals surface area contributed by atoms with Gasteiger partial charge in [0.15, 0.2) is 0 Å². The molecule has 0 radical (unpaired) electrons. The Bertz CT molecular complexity index is 639. The zero-order valence-electron chi connectivity index (χ0n) is 13.5. The van der Waals surface area contributed by atoms with Crippen molar-refractivity contribution in [3.8, 4) is 5.75 Å². The van der Waals surface area contributed by atoms with E-state index in [0.29, 0.717) is 0 Å². The van der Waals surface area contributed by atoms with Crippen molar-refractivity contribution in [2.24, 2.45) is 0 Å². The summed E-state index contributed by atoms with van der Waals surface area (Å²) in [5.41, 5.74) is 2.38. The Balaban J connectivity index is 2.03. The topological polar surface area (TPSA) is 24.5 Å². The molecule has 1 fully saturated rings. The normalized spacial score (nSPS) is 17.5. The lowest BCUT2D eigenvalue weighted by Crippen LogP contribution is -2.33. The maximum Gasteiger partial charge on any atom is 0.119 e. The highest BCUT2D eigenvalue weighted by Gasteiger charge is 2.25. The third-order valence-electron chi connectivity index (χ3n) is 4.35. The molecule has 0 saturated carbocycles. The number of hydrogen-bond acceptors (Lipinski definition) is 3. The van der Waals surface area contributed by atoms with Crippen LogP contribution in [0.15, 0.2) is 48.5 Å². The van der Waals surface area contributed by atoms with Gasteiger partial charge in [0.05, 0.1) is 13.2 Å². The van der Waals surface area contributed by atoms with E-state index in [4.69, 9.17) is 16.3 Å². The molecule has 1 aliphatic heterocycles. The maximum atomic E-state index is 6.53. The lowest BCUT2D eigenvalue weighted by Gasteiger charge is -2.32. The fraction of sp³-hybridized carbons (Fsp3) is 0.368. The summed E-state index contributed by atoms with van der Waals surface area (Å²) >= 11 is 6.53. The van der Waals surface area contributed by atoms with E-state index in [9.17, 15) is 0 Å². The van der Waals surface area contributed by atoms with Crippen LogP contribution < -0.4 is 10.1 Å². The summed E-state index contributed by atoms with van der Waals surface area (Å²) in [6, 6.07) is 16.6. The van der Waals surface area contributed by atoms with Crippen LogP contribution in [-0.2, 0) is 0 Å². The van der Waals surface area contributed by atoms with Gasteiger partial charge < -0.3 is 10.1 Å². The summed E-state index contributed by atoms with van der Waals surface area (Å²) in [4.78, 5) is 2.51. The first kappa shape index (κ1) is 16.3. The van der Waals surface area contributed by atoms with Crippen LogP contribution in [0.5, 0.6) is 5.75 Å². The number of halogens is 1. The Hall–Kier alpha value is -1.55. The Morgan fingerprint density at radius 3 is 2.78 bits per heavy atom. The number of hydrogen-bond donors (Lipinski definition) is 1. The number of benzene rings is 2. The lowest BCUT2D eigenvalue weighted by atomic mass is 9.96. The van der Waals surface area contributed by atoms with Crippen LogP contribution in [0.4, 0.5) is 0 Å². The Labute approximate surface area is 143 Å². The van der Waals surface area contributed by atoms with E-state index >= 15 is 0 Å². The van der Waals surface area contributed by atoms with Gasteiger partial charge in [-0.1, -0.05) is 41.9 Å². The largest absolute Gasteiger partial charge is 0.497 e. The van der Waals surface area contributed by atoms with Gasteiger partial charge in [-0.25, -0.2) is 0 Å². The van der Waals surface area contributed by atoms with Crippen LogP contribution in [0.3, 0.4) is 0 Å². The number of nitrogens with zero attached hydrogens (tertiary/aromatic N) is 1. The molecule has 4 heteroatoms. The highest BCUT2D eigenvalue weighted by Crippen LogP contribution is 2.34. The quantitative estimate of drug-likeness (QED) is 0.924. The Morgan fingerprint density at radius 1 is 1.09 bits per heavy atom. The molecule has 2 aromatic carbocycles. The first-order valence-electron chi connectivity index (χ1n) is 8.13. The summed E-state index contributed by atoms with van der Waals surface area (Å²) in [5.74, 6) is 0.882. The number of ether oxygens (including phenoxy) is 1. The fourth-order valence-corrected chi connectivity index (χ4v) is 3.46. The average Bonchev–Trinajstić information content (AvgIpc) is 2.86. The van der Waals surface area contributed by atoms with Crippen molar-refractivity contribution in [1.82, 2.24) is 10.2 Å². The lowest BCUT2D eigenvalue weighted by molar-refractivity contribution is 0.240. The summed E-state index contributed by atoms with van der Waals surface area (Å²) in [5, 5.41) is 4.29. The van der Waals surface area contributed by atoms with Gasteiger partial charge in [-0.05, 0) is 42.3 Å². The van der Waals surface area contributed by atoms with Crippen molar-refractivity contribution in [1.29, 1.82) is 0 Å². The number of nitrogens with one attached hydrogen (secondary N) is 1. The molecule has 0 amide bonds. The number of methoxy groups -OCH3 is 1. The third-order valence-corrected chi connectivity index (χ3v) is 4.69. The predicted molar refractivity (Wildman–Crippen MR) is 95.3 cm³/mol. The van der Waals surface area contributed by atoms with E-state index < -0.39 is 0 Å². The van der Waals surface area contributed by atoms with Crippen LogP contribution in [0, 0.1) is 0 Å². The minimum Gasteiger partial charge on any atom is -0.497 e. The maximum absolute atomic E-state index is 6.53. The molecule has 1 saturated heterocycles. The summed E-state index contributed by atoms with van der Waals surface area (Å²) < 4.78 is 5.42. The second kappa shape index (κ2) is 7.82. The van der Waals surface area contributed by atoms with E-state index in [-0.39, 0.29) is 6.04 Å². The van der Waals surface area contributed by atoms with Gasteiger partial charge in [0.1, 0.15) is 5.75 Å². The summed E-state index contributed by atoms with van der Waals surface area (Å²) in [6.45, 7) is 4.14. The van der Waals surface area contributed by atoms with Gasteiger partial charge in [-0.15, -0.1) is 0 Å². The molecule has 3 nitrogen and oxygen atoms in total. The molecule has 0 bridgehead atoms. The molecule has 0 spiro atoms. The van der Waals surface area contributed by atoms with Crippen LogP contribution in [0.2, 0.25) is 5.02 Å².